The van der Waals surface area contributed by atoms with Crippen molar-refractivity contribution in [1.82, 2.24) is 10.2 Å². The summed E-state index contributed by atoms with van der Waals surface area (Å²) in [6, 6.07) is 15.8. The lowest BCUT2D eigenvalue weighted by molar-refractivity contribution is -0.127. The molecule has 0 bridgehead atoms. The highest BCUT2D eigenvalue weighted by Gasteiger charge is 2.16. The molecule has 1 aliphatic rings. The van der Waals surface area contributed by atoms with Crippen LogP contribution in [0.15, 0.2) is 48.5 Å². The summed E-state index contributed by atoms with van der Waals surface area (Å²) in [6.45, 7) is 5.58. The van der Waals surface area contributed by atoms with E-state index in [0.717, 1.165) is 12.1 Å². The number of nitrogens with one attached hydrogen (secondary N) is 1. The highest BCUT2D eigenvalue weighted by Crippen LogP contribution is 2.26. The molecule has 0 aliphatic carbocycles. The van der Waals surface area contributed by atoms with Gasteiger partial charge in [-0.1, -0.05) is 42.8 Å². The van der Waals surface area contributed by atoms with Crippen molar-refractivity contribution in [3.8, 4) is 11.5 Å². The molecule has 3 rings (SSSR count). The van der Waals surface area contributed by atoms with Crippen LogP contribution in [0.1, 0.15) is 37.3 Å². The summed E-state index contributed by atoms with van der Waals surface area (Å²) >= 11 is 0. The smallest absolute Gasteiger partial charge is 0.261 e. The average molecular weight is 383 g/mol. The molecule has 1 heterocycles. The number of likely N-dealkylation sites (tertiary alicyclic amines) is 1. The largest absolute Gasteiger partial charge is 0.493 e. The zero-order valence-electron chi connectivity index (χ0n) is 16.8. The van der Waals surface area contributed by atoms with Crippen molar-refractivity contribution in [3.05, 3.63) is 59.7 Å². The first-order chi connectivity index (χ1) is 13.7. The molecular weight excluding hydrogens is 352 g/mol. The quantitative estimate of drug-likeness (QED) is 0.755. The number of hydrogen-bond acceptors (Lipinski definition) is 4. The number of para-hydroxylation sites is 2. The normalized spacial score (nSPS) is 15.6. The van der Waals surface area contributed by atoms with Crippen molar-refractivity contribution in [2.45, 2.75) is 45.4 Å². The second kappa shape index (κ2) is 10.1. The third kappa shape index (κ3) is 5.73. The third-order valence-electron chi connectivity index (χ3n) is 5.06. The van der Waals surface area contributed by atoms with Gasteiger partial charge in [0, 0.05) is 13.1 Å². The predicted molar refractivity (Wildman–Crippen MR) is 111 cm³/mol. The summed E-state index contributed by atoms with van der Waals surface area (Å²) < 4.78 is 11.0. The number of benzene rings is 2. The van der Waals surface area contributed by atoms with Crippen LogP contribution < -0.4 is 14.8 Å². The zero-order chi connectivity index (χ0) is 19.8. The Bertz CT molecular complexity index is 772. The molecule has 2 aromatic rings. The highest BCUT2D eigenvalue weighted by molar-refractivity contribution is 5.80. The lowest BCUT2D eigenvalue weighted by Crippen LogP contribution is -2.36. The molecule has 0 spiro atoms. The molecule has 1 unspecified atom stereocenters. The van der Waals surface area contributed by atoms with Gasteiger partial charge in [0.25, 0.3) is 5.91 Å². The Kier molecular flexibility index (Phi) is 7.31. The minimum atomic E-state index is -0.604. The molecule has 1 aliphatic heterocycles. The number of carbonyl (C=O) groups is 1. The summed E-state index contributed by atoms with van der Waals surface area (Å²) in [5.41, 5.74) is 2.40. The highest BCUT2D eigenvalue weighted by atomic mass is 16.5. The molecule has 1 saturated heterocycles. The number of methoxy groups -OCH3 is 1. The number of carbonyl (C=O) groups excluding carboxylic acids is 1. The van der Waals surface area contributed by atoms with E-state index in [1.165, 1.54) is 37.9 Å². The van der Waals surface area contributed by atoms with Crippen molar-refractivity contribution in [1.29, 1.82) is 0 Å². The Morgan fingerprint density at radius 2 is 1.75 bits per heavy atom. The molecule has 1 N–H and O–H groups in total. The number of ether oxygens (including phenoxy) is 2. The third-order valence-corrected chi connectivity index (χ3v) is 5.06. The molecule has 0 radical (unpaired) electrons. The van der Waals surface area contributed by atoms with Crippen LogP contribution in [0, 0.1) is 0 Å². The topological polar surface area (TPSA) is 50.8 Å². The van der Waals surface area contributed by atoms with Crippen molar-refractivity contribution >= 4 is 5.91 Å². The summed E-state index contributed by atoms with van der Waals surface area (Å²) in [6.07, 6.45) is 3.32. The van der Waals surface area contributed by atoms with Crippen molar-refractivity contribution in [2.24, 2.45) is 0 Å². The molecule has 28 heavy (non-hydrogen) atoms. The van der Waals surface area contributed by atoms with E-state index in [4.69, 9.17) is 9.47 Å². The Morgan fingerprint density at radius 1 is 1.04 bits per heavy atom. The maximum Gasteiger partial charge on any atom is 0.261 e. The SMILES string of the molecule is COc1ccccc1OC(C)C(=O)NCc1cccc(CN2CCCCC2)c1. The lowest BCUT2D eigenvalue weighted by Gasteiger charge is -2.26. The first-order valence-corrected chi connectivity index (χ1v) is 10.0. The first-order valence-electron chi connectivity index (χ1n) is 10.0. The van der Waals surface area contributed by atoms with Crippen LogP contribution >= 0.6 is 0 Å². The summed E-state index contributed by atoms with van der Waals surface area (Å²) in [4.78, 5) is 14.9. The molecule has 5 nitrogen and oxygen atoms in total. The van der Waals surface area contributed by atoms with E-state index in [2.05, 4.69) is 28.4 Å². The van der Waals surface area contributed by atoms with Gasteiger partial charge in [-0.3, -0.25) is 9.69 Å². The van der Waals surface area contributed by atoms with Crippen LogP contribution in [0.25, 0.3) is 0 Å². The van der Waals surface area contributed by atoms with Crippen LogP contribution in [0.2, 0.25) is 0 Å². The molecule has 1 amide bonds. The van der Waals surface area contributed by atoms with Crippen LogP contribution in [0.3, 0.4) is 0 Å². The van der Waals surface area contributed by atoms with Crippen LogP contribution in [-0.2, 0) is 17.9 Å². The standard InChI is InChI=1S/C23H30N2O3/c1-18(28-22-12-5-4-11-21(22)27-2)23(26)24-16-19-9-8-10-20(15-19)17-25-13-6-3-7-14-25/h4-5,8-12,15,18H,3,6-7,13-14,16-17H2,1-2H3,(H,24,26). The van der Waals surface area contributed by atoms with E-state index in [1.54, 1.807) is 20.1 Å². The van der Waals surface area contributed by atoms with Gasteiger partial charge < -0.3 is 14.8 Å². The predicted octanol–water partition coefficient (Wildman–Crippen LogP) is 3.76. The van der Waals surface area contributed by atoms with E-state index >= 15 is 0 Å². The van der Waals surface area contributed by atoms with Gasteiger partial charge in [0.15, 0.2) is 17.6 Å². The summed E-state index contributed by atoms with van der Waals surface area (Å²) in [5.74, 6) is 1.04. The molecule has 0 aromatic heterocycles. The molecule has 1 atom stereocenters. The Morgan fingerprint density at radius 3 is 2.50 bits per heavy atom. The number of piperidine rings is 1. The fourth-order valence-corrected chi connectivity index (χ4v) is 3.51. The second-order valence-electron chi connectivity index (χ2n) is 7.29. The Balaban J connectivity index is 1.51. The van der Waals surface area contributed by atoms with E-state index in [0.29, 0.717) is 18.0 Å². The molecule has 0 saturated carbocycles. The minimum absolute atomic E-state index is 0.146. The van der Waals surface area contributed by atoms with Crippen LogP contribution in [0.5, 0.6) is 11.5 Å². The molecule has 5 heteroatoms. The van der Waals surface area contributed by atoms with Crippen molar-refractivity contribution in [2.75, 3.05) is 20.2 Å². The van der Waals surface area contributed by atoms with Gasteiger partial charge in [-0.2, -0.15) is 0 Å². The maximum atomic E-state index is 12.4. The number of rotatable bonds is 8. The number of hydrogen-bond donors (Lipinski definition) is 1. The summed E-state index contributed by atoms with van der Waals surface area (Å²) in [5, 5.41) is 2.97. The van der Waals surface area contributed by atoms with Gasteiger partial charge in [-0.15, -0.1) is 0 Å². The Labute approximate surface area is 167 Å². The molecular formula is C23H30N2O3. The first kappa shape index (κ1) is 20.2. The molecule has 2 aromatic carbocycles. The van der Waals surface area contributed by atoms with Crippen LogP contribution in [0.4, 0.5) is 0 Å². The summed E-state index contributed by atoms with van der Waals surface area (Å²) in [7, 11) is 1.59. The van der Waals surface area contributed by atoms with Gasteiger partial charge in [0.2, 0.25) is 0 Å². The zero-order valence-corrected chi connectivity index (χ0v) is 16.8. The maximum absolute atomic E-state index is 12.4. The van der Waals surface area contributed by atoms with E-state index in [1.807, 2.05) is 24.3 Å². The Hall–Kier alpha value is -2.53. The van der Waals surface area contributed by atoms with E-state index in [9.17, 15) is 4.79 Å². The van der Waals surface area contributed by atoms with Crippen molar-refractivity contribution in [3.63, 3.8) is 0 Å². The molecule has 150 valence electrons. The van der Waals surface area contributed by atoms with Crippen molar-refractivity contribution < 1.29 is 14.3 Å². The second-order valence-corrected chi connectivity index (χ2v) is 7.29. The number of nitrogens with zero attached hydrogens (tertiary/aromatic N) is 1. The lowest BCUT2D eigenvalue weighted by atomic mass is 10.1. The average Bonchev–Trinajstić information content (AvgIpc) is 2.73. The van der Waals surface area contributed by atoms with Gasteiger partial charge in [0.05, 0.1) is 7.11 Å². The van der Waals surface area contributed by atoms with Gasteiger partial charge in [0.1, 0.15) is 0 Å². The fraction of sp³-hybridized carbons (Fsp3) is 0.435. The minimum Gasteiger partial charge on any atom is -0.493 e. The molecule has 1 fully saturated rings. The van der Waals surface area contributed by atoms with Gasteiger partial charge in [-0.05, 0) is 56.1 Å². The van der Waals surface area contributed by atoms with Crippen LogP contribution in [-0.4, -0.2) is 37.1 Å². The van der Waals surface area contributed by atoms with Gasteiger partial charge >= 0.3 is 0 Å². The monoisotopic (exact) mass is 382 g/mol. The van der Waals surface area contributed by atoms with Gasteiger partial charge in [-0.25, -0.2) is 0 Å². The van der Waals surface area contributed by atoms with E-state index < -0.39 is 6.10 Å². The fourth-order valence-electron chi connectivity index (χ4n) is 3.51. The van der Waals surface area contributed by atoms with E-state index in [-0.39, 0.29) is 5.91 Å². The number of amides is 1.